The molecule has 0 rings (SSSR count). The molecule has 3 N–H and O–H groups in total. The van der Waals surface area contributed by atoms with Crippen molar-refractivity contribution in [1.82, 2.24) is 5.32 Å². The highest BCUT2D eigenvalue weighted by Crippen LogP contribution is 2.20. The first-order valence-electron chi connectivity index (χ1n) is 6.32. The summed E-state index contributed by atoms with van der Waals surface area (Å²) >= 11 is 0. The minimum Gasteiger partial charge on any atom is -0.330 e. The zero-order chi connectivity index (χ0) is 13.3. The molecular formula is C12H25F3N2. The number of alkyl halides is 3. The van der Waals surface area contributed by atoms with Gasteiger partial charge in [-0.05, 0) is 50.7 Å². The monoisotopic (exact) mass is 254 g/mol. The molecule has 0 radical (unpaired) electrons. The lowest BCUT2D eigenvalue weighted by molar-refractivity contribution is -0.135. The average Bonchev–Trinajstić information content (AvgIpc) is 2.19. The van der Waals surface area contributed by atoms with Gasteiger partial charge in [0.15, 0.2) is 0 Å². The molecular weight excluding hydrogens is 229 g/mol. The highest BCUT2D eigenvalue weighted by atomic mass is 19.4. The summed E-state index contributed by atoms with van der Waals surface area (Å²) in [5.74, 6) is 1.10. The van der Waals surface area contributed by atoms with Crippen molar-refractivity contribution in [2.24, 2.45) is 17.6 Å². The predicted molar refractivity (Wildman–Crippen MR) is 64.8 cm³/mol. The Kier molecular flexibility index (Phi) is 8.60. The molecule has 1 atom stereocenters. The van der Waals surface area contributed by atoms with Crippen molar-refractivity contribution in [2.75, 3.05) is 19.6 Å². The molecule has 0 spiro atoms. The Balaban J connectivity index is 3.43. The fraction of sp³-hybridized carbons (Fsp3) is 1.00. The van der Waals surface area contributed by atoms with Crippen molar-refractivity contribution < 1.29 is 13.2 Å². The average molecular weight is 254 g/mol. The van der Waals surface area contributed by atoms with Gasteiger partial charge in [0.2, 0.25) is 0 Å². The Morgan fingerprint density at radius 2 is 1.82 bits per heavy atom. The topological polar surface area (TPSA) is 38.0 Å². The number of hydrogen-bond donors (Lipinski definition) is 2. The van der Waals surface area contributed by atoms with E-state index in [1.165, 1.54) is 0 Å². The molecule has 5 heteroatoms. The summed E-state index contributed by atoms with van der Waals surface area (Å²) in [6.45, 7) is 6.15. The van der Waals surface area contributed by atoms with Gasteiger partial charge in [-0.2, -0.15) is 13.2 Å². The van der Waals surface area contributed by atoms with Gasteiger partial charge in [0.25, 0.3) is 0 Å². The van der Waals surface area contributed by atoms with Gasteiger partial charge >= 0.3 is 6.18 Å². The summed E-state index contributed by atoms with van der Waals surface area (Å²) in [4.78, 5) is 0. The van der Waals surface area contributed by atoms with Crippen molar-refractivity contribution in [3.63, 3.8) is 0 Å². The fourth-order valence-corrected chi connectivity index (χ4v) is 1.84. The van der Waals surface area contributed by atoms with Crippen molar-refractivity contribution in [2.45, 2.75) is 45.7 Å². The molecule has 0 aromatic heterocycles. The number of rotatable bonds is 9. The Hall–Kier alpha value is -0.290. The second kappa shape index (κ2) is 8.75. The van der Waals surface area contributed by atoms with Crippen LogP contribution in [-0.2, 0) is 0 Å². The normalized spacial score (nSPS) is 14.3. The summed E-state index contributed by atoms with van der Waals surface area (Å²) < 4.78 is 35.5. The van der Waals surface area contributed by atoms with Crippen LogP contribution < -0.4 is 11.1 Å². The second-order valence-corrected chi connectivity index (χ2v) is 4.99. The van der Waals surface area contributed by atoms with Crippen LogP contribution in [0.25, 0.3) is 0 Å². The van der Waals surface area contributed by atoms with Gasteiger partial charge in [0.05, 0.1) is 0 Å². The molecule has 17 heavy (non-hydrogen) atoms. The van der Waals surface area contributed by atoms with Crippen molar-refractivity contribution in [3.8, 4) is 0 Å². The SMILES string of the molecule is CC(C)CC(CN)CCNCCCC(F)(F)F. The van der Waals surface area contributed by atoms with E-state index in [1.54, 1.807) is 0 Å². The van der Waals surface area contributed by atoms with Crippen LogP contribution in [0.1, 0.15) is 39.5 Å². The molecule has 0 fully saturated rings. The third-order valence-corrected chi connectivity index (χ3v) is 2.68. The first-order chi connectivity index (χ1) is 7.85. The number of hydrogen-bond acceptors (Lipinski definition) is 2. The third kappa shape index (κ3) is 12.0. The molecule has 2 nitrogen and oxygen atoms in total. The van der Waals surface area contributed by atoms with E-state index in [1.807, 2.05) is 0 Å². The predicted octanol–water partition coefficient (Wildman–Crippen LogP) is 2.93. The van der Waals surface area contributed by atoms with Gasteiger partial charge in [-0.3, -0.25) is 0 Å². The Morgan fingerprint density at radius 1 is 1.18 bits per heavy atom. The second-order valence-electron chi connectivity index (χ2n) is 4.99. The van der Waals surface area contributed by atoms with E-state index in [2.05, 4.69) is 19.2 Å². The van der Waals surface area contributed by atoms with Gasteiger partial charge in [-0.1, -0.05) is 13.8 Å². The zero-order valence-electron chi connectivity index (χ0n) is 10.8. The minimum atomic E-state index is -4.03. The Morgan fingerprint density at radius 3 is 2.29 bits per heavy atom. The van der Waals surface area contributed by atoms with E-state index in [9.17, 15) is 13.2 Å². The number of halogens is 3. The van der Waals surface area contributed by atoms with Gasteiger partial charge in [0.1, 0.15) is 0 Å². The molecule has 0 saturated heterocycles. The number of nitrogens with one attached hydrogen (secondary N) is 1. The van der Waals surface area contributed by atoms with Crippen LogP contribution in [0.5, 0.6) is 0 Å². The molecule has 0 heterocycles. The summed E-state index contributed by atoms with van der Waals surface area (Å²) in [6, 6.07) is 0. The van der Waals surface area contributed by atoms with E-state index < -0.39 is 12.6 Å². The van der Waals surface area contributed by atoms with Crippen LogP contribution in [-0.4, -0.2) is 25.8 Å². The van der Waals surface area contributed by atoms with Crippen LogP contribution in [0.2, 0.25) is 0 Å². The van der Waals surface area contributed by atoms with Gasteiger partial charge < -0.3 is 11.1 Å². The van der Waals surface area contributed by atoms with E-state index in [4.69, 9.17) is 5.73 Å². The van der Waals surface area contributed by atoms with E-state index in [0.29, 0.717) is 24.9 Å². The van der Waals surface area contributed by atoms with Crippen LogP contribution in [0, 0.1) is 11.8 Å². The Bertz CT molecular complexity index is 181. The fourth-order valence-electron chi connectivity index (χ4n) is 1.84. The maximum Gasteiger partial charge on any atom is 0.389 e. The lowest BCUT2D eigenvalue weighted by Crippen LogP contribution is -2.24. The minimum absolute atomic E-state index is 0.154. The Labute approximate surface area is 102 Å². The van der Waals surface area contributed by atoms with E-state index in [0.717, 1.165) is 19.4 Å². The highest BCUT2D eigenvalue weighted by Gasteiger charge is 2.25. The molecule has 0 aliphatic carbocycles. The van der Waals surface area contributed by atoms with Crippen LogP contribution >= 0.6 is 0 Å². The molecule has 104 valence electrons. The molecule has 0 aromatic rings. The van der Waals surface area contributed by atoms with Gasteiger partial charge in [-0.25, -0.2) is 0 Å². The lowest BCUT2D eigenvalue weighted by atomic mass is 9.94. The first-order valence-corrected chi connectivity index (χ1v) is 6.32. The summed E-state index contributed by atoms with van der Waals surface area (Å²) in [5.41, 5.74) is 5.64. The van der Waals surface area contributed by atoms with Crippen molar-refractivity contribution >= 4 is 0 Å². The van der Waals surface area contributed by atoms with E-state index >= 15 is 0 Å². The molecule has 0 aliphatic rings. The molecule has 0 aliphatic heterocycles. The summed E-state index contributed by atoms with van der Waals surface area (Å²) in [7, 11) is 0. The largest absolute Gasteiger partial charge is 0.389 e. The molecule has 0 amide bonds. The van der Waals surface area contributed by atoms with Crippen molar-refractivity contribution in [3.05, 3.63) is 0 Å². The maximum atomic E-state index is 11.8. The standard InChI is InChI=1S/C12H25F3N2/c1-10(2)8-11(9-16)4-7-17-6-3-5-12(13,14)15/h10-11,17H,3-9,16H2,1-2H3. The maximum absolute atomic E-state index is 11.8. The molecule has 0 bridgehead atoms. The van der Waals surface area contributed by atoms with Crippen LogP contribution in [0.3, 0.4) is 0 Å². The van der Waals surface area contributed by atoms with Crippen LogP contribution in [0.15, 0.2) is 0 Å². The zero-order valence-corrected chi connectivity index (χ0v) is 10.8. The summed E-state index contributed by atoms with van der Waals surface area (Å²) in [6.07, 6.45) is -2.55. The molecule has 1 unspecified atom stereocenters. The summed E-state index contributed by atoms with van der Waals surface area (Å²) in [5, 5.41) is 3.04. The first kappa shape index (κ1) is 16.7. The molecule has 0 aromatic carbocycles. The van der Waals surface area contributed by atoms with Crippen molar-refractivity contribution in [1.29, 1.82) is 0 Å². The number of nitrogens with two attached hydrogens (primary N) is 1. The van der Waals surface area contributed by atoms with Crippen LogP contribution in [0.4, 0.5) is 13.2 Å². The van der Waals surface area contributed by atoms with E-state index in [-0.39, 0.29) is 6.42 Å². The highest BCUT2D eigenvalue weighted by molar-refractivity contribution is 4.64. The smallest absolute Gasteiger partial charge is 0.330 e. The lowest BCUT2D eigenvalue weighted by Gasteiger charge is -2.17. The van der Waals surface area contributed by atoms with Gasteiger partial charge in [0, 0.05) is 6.42 Å². The quantitative estimate of drug-likeness (QED) is 0.621. The molecule has 0 saturated carbocycles. The van der Waals surface area contributed by atoms with Gasteiger partial charge in [-0.15, -0.1) is 0 Å². The third-order valence-electron chi connectivity index (χ3n) is 2.68.